The quantitative estimate of drug-likeness (QED) is 0.0343. The molecule has 0 amide bonds. The fourth-order valence-electron chi connectivity index (χ4n) is 9.03. The van der Waals surface area contributed by atoms with Gasteiger partial charge < -0.3 is 23.8 Å². The molecule has 0 radical (unpaired) electrons. The van der Waals surface area contributed by atoms with E-state index in [4.69, 9.17) is 18.9 Å². The molecular weight excluding hydrogens is 795 g/mol. The maximum Gasteiger partial charge on any atom is 0.306 e. The van der Waals surface area contributed by atoms with Crippen molar-refractivity contribution in [1.82, 2.24) is 4.90 Å². The van der Waals surface area contributed by atoms with Gasteiger partial charge in [-0.1, -0.05) is 159 Å². The first-order chi connectivity index (χ1) is 31.5. The third-order valence-corrected chi connectivity index (χ3v) is 12.9. The van der Waals surface area contributed by atoms with Gasteiger partial charge in [0.25, 0.3) is 0 Å². The Hall–Kier alpha value is -2.48. The van der Waals surface area contributed by atoms with Crippen LogP contribution in [0.4, 0.5) is 0 Å². The number of rotatable bonds is 43. The summed E-state index contributed by atoms with van der Waals surface area (Å²) in [6, 6.07) is 0. The topological polar surface area (TPSA) is 74.3 Å². The fourth-order valence-corrected chi connectivity index (χ4v) is 9.03. The first kappa shape index (κ1) is 57.6. The minimum Gasteiger partial charge on any atom is -0.463 e. The van der Waals surface area contributed by atoms with Gasteiger partial charge in [0.15, 0.2) is 0 Å². The zero-order valence-corrected chi connectivity index (χ0v) is 42.0. The van der Waals surface area contributed by atoms with Crippen LogP contribution in [0.15, 0.2) is 60.8 Å². The molecule has 1 heterocycles. The van der Waals surface area contributed by atoms with Crippen LogP contribution in [0.5, 0.6) is 0 Å². The van der Waals surface area contributed by atoms with Gasteiger partial charge in [-0.25, -0.2) is 0 Å². The number of unbranched alkanes of at least 4 members (excludes halogenated alkanes) is 18. The van der Waals surface area contributed by atoms with Gasteiger partial charge in [-0.3, -0.25) is 9.59 Å². The molecule has 2 fully saturated rings. The van der Waals surface area contributed by atoms with E-state index in [1.807, 2.05) is 0 Å². The third-order valence-electron chi connectivity index (χ3n) is 12.9. The SMILES string of the molecule is CC/C=C\CC1C(CC(=O)OCC(COCCCCCCCC/C=C\C/C=C\CCCCC)OCCCCCCCC/C=C\C/C=C\CCCCC)CCC1OC(=O)CC1CN(C)C1. The predicted molar refractivity (Wildman–Crippen MR) is 271 cm³/mol. The Morgan fingerprint density at radius 3 is 1.64 bits per heavy atom. The molecule has 0 aromatic carbocycles. The van der Waals surface area contributed by atoms with Crippen molar-refractivity contribution in [1.29, 1.82) is 0 Å². The van der Waals surface area contributed by atoms with Gasteiger partial charge in [0.05, 0.1) is 13.0 Å². The van der Waals surface area contributed by atoms with E-state index in [1.165, 1.54) is 122 Å². The number of likely N-dealkylation sites (tertiary alicyclic amines) is 1. The highest BCUT2D eigenvalue weighted by Crippen LogP contribution is 2.39. The summed E-state index contributed by atoms with van der Waals surface area (Å²) in [7, 11) is 2.08. The maximum absolute atomic E-state index is 13.3. The Bertz CT molecular complexity index is 1250. The van der Waals surface area contributed by atoms with Crippen LogP contribution in [0.2, 0.25) is 0 Å². The van der Waals surface area contributed by atoms with E-state index in [0.29, 0.717) is 38.6 Å². The van der Waals surface area contributed by atoms with Gasteiger partial charge in [0, 0.05) is 38.6 Å². The molecule has 2 rings (SSSR count). The van der Waals surface area contributed by atoms with Gasteiger partial charge in [-0.2, -0.15) is 0 Å². The van der Waals surface area contributed by atoms with Gasteiger partial charge >= 0.3 is 11.9 Å². The molecular formula is C57H99NO6. The first-order valence-corrected chi connectivity index (χ1v) is 26.9. The van der Waals surface area contributed by atoms with E-state index < -0.39 is 0 Å². The summed E-state index contributed by atoms with van der Waals surface area (Å²) in [6.45, 7) is 10.6. The molecule has 4 atom stereocenters. The molecule has 7 nitrogen and oxygen atoms in total. The summed E-state index contributed by atoms with van der Waals surface area (Å²) in [5, 5.41) is 0. The number of esters is 2. The lowest BCUT2D eigenvalue weighted by atomic mass is 9.88. The molecule has 4 unspecified atom stereocenters. The Morgan fingerprint density at radius 1 is 0.562 bits per heavy atom. The Morgan fingerprint density at radius 2 is 1.09 bits per heavy atom. The highest BCUT2D eigenvalue weighted by molar-refractivity contribution is 5.71. The summed E-state index contributed by atoms with van der Waals surface area (Å²) in [4.78, 5) is 28.4. The molecule has 0 spiro atoms. The molecule has 2 aliphatic rings. The molecule has 7 heteroatoms. The molecule has 64 heavy (non-hydrogen) atoms. The average molecular weight is 894 g/mol. The lowest BCUT2D eigenvalue weighted by Gasteiger charge is -2.35. The largest absolute Gasteiger partial charge is 0.463 e. The van der Waals surface area contributed by atoms with Crippen LogP contribution < -0.4 is 0 Å². The molecule has 1 aliphatic heterocycles. The Labute approximate surface area is 394 Å². The van der Waals surface area contributed by atoms with Crippen LogP contribution in [0.1, 0.15) is 213 Å². The van der Waals surface area contributed by atoms with E-state index in [-0.39, 0.29) is 42.6 Å². The minimum atomic E-state index is -0.266. The van der Waals surface area contributed by atoms with Crippen LogP contribution in [0, 0.1) is 17.8 Å². The first-order valence-electron chi connectivity index (χ1n) is 26.9. The monoisotopic (exact) mass is 894 g/mol. The van der Waals surface area contributed by atoms with Gasteiger partial charge in [-0.15, -0.1) is 0 Å². The molecule has 0 aromatic rings. The molecule has 0 bridgehead atoms. The number of nitrogens with zero attached hydrogens (tertiary/aromatic N) is 1. The third kappa shape index (κ3) is 32.2. The second-order valence-corrected chi connectivity index (χ2v) is 19.1. The molecule has 0 N–H and O–H groups in total. The smallest absolute Gasteiger partial charge is 0.306 e. The van der Waals surface area contributed by atoms with Crippen molar-refractivity contribution in [3.63, 3.8) is 0 Å². The second-order valence-electron chi connectivity index (χ2n) is 19.1. The van der Waals surface area contributed by atoms with Crippen molar-refractivity contribution in [2.75, 3.05) is 46.6 Å². The van der Waals surface area contributed by atoms with Crippen molar-refractivity contribution in [3.8, 4) is 0 Å². The van der Waals surface area contributed by atoms with Crippen LogP contribution >= 0.6 is 0 Å². The highest BCUT2D eigenvalue weighted by Gasteiger charge is 2.39. The van der Waals surface area contributed by atoms with Gasteiger partial charge in [-0.05, 0) is 122 Å². The van der Waals surface area contributed by atoms with Crippen molar-refractivity contribution >= 4 is 11.9 Å². The Balaban J connectivity index is 1.71. The number of carbonyl (C=O) groups excluding carboxylic acids is 2. The summed E-state index contributed by atoms with van der Waals surface area (Å²) in [6.07, 6.45) is 56.1. The van der Waals surface area contributed by atoms with E-state index in [1.54, 1.807) is 0 Å². The summed E-state index contributed by atoms with van der Waals surface area (Å²) < 4.78 is 24.4. The maximum atomic E-state index is 13.3. The van der Waals surface area contributed by atoms with E-state index in [0.717, 1.165) is 70.9 Å². The van der Waals surface area contributed by atoms with E-state index >= 15 is 0 Å². The normalized spacial score (nSPS) is 19.0. The van der Waals surface area contributed by atoms with E-state index in [2.05, 4.69) is 93.5 Å². The van der Waals surface area contributed by atoms with Crippen LogP contribution in [-0.4, -0.2) is 75.6 Å². The van der Waals surface area contributed by atoms with Crippen molar-refractivity contribution in [3.05, 3.63) is 60.8 Å². The minimum absolute atomic E-state index is 0.0916. The highest BCUT2D eigenvalue weighted by atomic mass is 16.6. The summed E-state index contributed by atoms with van der Waals surface area (Å²) >= 11 is 0. The standard InChI is InChI=1S/C57H99NO6/c1-5-8-11-13-15-17-19-21-23-25-27-29-31-33-35-38-43-61-49-53(62-44-39-36-34-32-30-28-26-24-22-20-18-16-14-12-9-6-2)50-63-56(59)46-52-41-42-55(54(52)40-37-10-7-3)64-57(60)45-51-47-58(4)48-51/h10,15-18,21-24,37,51-55H,5-9,11-14,19-20,25-36,38-50H2,1-4H3/b17-15-,18-16-,23-21-,24-22-,37-10-. The average Bonchev–Trinajstić information content (AvgIpc) is 3.64. The fraction of sp³-hybridized carbons (Fsp3) is 0.789. The van der Waals surface area contributed by atoms with Crippen LogP contribution in [0.25, 0.3) is 0 Å². The van der Waals surface area contributed by atoms with Crippen LogP contribution in [-0.2, 0) is 28.5 Å². The second kappa shape index (κ2) is 41.9. The number of hydrogen-bond acceptors (Lipinski definition) is 7. The number of hydrogen-bond donors (Lipinski definition) is 0. The van der Waals surface area contributed by atoms with Crippen molar-refractivity contribution in [2.45, 2.75) is 226 Å². The van der Waals surface area contributed by atoms with Crippen molar-refractivity contribution < 1.29 is 28.5 Å². The predicted octanol–water partition coefficient (Wildman–Crippen LogP) is 15.2. The van der Waals surface area contributed by atoms with Crippen LogP contribution in [0.3, 0.4) is 0 Å². The Kier molecular flexibility index (Phi) is 37.8. The summed E-state index contributed by atoms with van der Waals surface area (Å²) in [5.41, 5.74) is 0. The lowest BCUT2D eigenvalue weighted by Crippen LogP contribution is -2.45. The summed E-state index contributed by atoms with van der Waals surface area (Å²) in [5.74, 6) is 0.390. The molecule has 0 aromatic heterocycles. The zero-order chi connectivity index (χ0) is 46.0. The molecule has 1 saturated carbocycles. The number of ether oxygens (including phenoxy) is 4. The number of carbonyl (C=O) groups is 2. The van der Waals surface area contributed by atoms with Gasteiger partial charge in [0.1, 0.15) is 18.8 Å². The molecule has 368 valence electrons. The molecule has 1 aliphatic carbocycles. The number of allylic oxidation sites excluding steroid dienone is 10. The zero-order valence-electron chi connectivity index (χ0n) is 42.0. The lowest BCUT2D eigenvalue weighted by molar-refractivity contribution is -0.154. The molecule has 1 saturated heterocycles. The van der Waals surface area contributed by atoms with Gasteiger partial charge in [0.2, 0.25) is 0 Å². The van der Waals surface area contributed by atoms with E-state index in [9.17, 15) is 9.59 Å². The van der Waals surface area contributed by atoms with Crippen molar-refractivity contribution in [2.24, 2.45) is 17.8 Å².